The number of halogens is 1. The highest BCUT2D eigenvalue weighted by atomic mass is 31.1. The van der Waals surface area contributed by atoms with Crippen molar-refractivity contribution in [3.8, 4) is 0 Å². The third kappa shape index (κ3) is 5.96. The van der Waals surface area contributed by atoms with Crippen molar-refractivity contribution in [2.75, 3.05) is 12.7 Å². The maximum Gasteiger partial charge on any atom is 0.189 e. The Kier molecular flexibility index (Phi) is 4.96. The van der Waals surface area contributed by atoms with Gasteiger partial charge in [-0.3, -0.25) is 4.57 Å². The summed E-state index contributed by atoms with van der Waals surface area (Å²) in [4.78, 5) is 8.24. The largest absolute Gasteiger partial charge is 0.346 e. The quantitative estimate of drug-likeness (QED) is 0.567. The molecule has 0 fully saturated rings. The van der Waals surface area contributed by atoms with E-state index in [-0.39, 0.29) is 19.1 Å². The molecule has 0 rings (SSSR count). The van der Waals surface area contributed by atoms with Gasteiger partial charge in [0.25, 0.3) is 0 Å². The molecule has 0 amide bonds. The van der Waals surface area contributed by atoms with E-state index < -0.39 is 14.2 Å². The molecule has 0 aromatic heterocycles. The van der Waals surface area contributed by atoms with Crippen molar-refractivity contribution in [2.24, 2.45) is 5.73 Å². The molecule has 0 aliphatic rings. The fourth-order valence-corrected chi connectivity index (χ4v) is 0.958. The summed E-state index contributed by atoms with van der Waals surface area (Å²) in [6.07, 6.45) is -0.973. The lowest BCUT2D eigenvalue weighted by molar-refractivity contribution is 0.331. The van der Waals surface area contributed by atoms with Gasteiger partial charge < -0.3 is 10.6 Å². The van der Waals surface area contributed by atoms with Crippen molar-refractivity contribution in [3.63, 3.8) is 0 Å². The highest BCUT2D eigenvalue weighted by Crippen LogP contribution is 2.15. The molecule has 2 unspecified atom stereocenters. The van der Waals surface area contributed by atoms with Crippen molar-refractivity contribution >= 4 is 8.03 Å². The number of alkyl halides is 1. The monoisotopic (exact) mass is 155 g/mol. The molecule has 3 N–H and O–H groups in total. The van der Waals surface area contributed by atoms with Crippen LogP contribution in [0.4, 0.5) is 4.39 Å². The maximum atomic E-state index is 12.1. The van der Waals surface area contributed by atoms with Gasteiger partial charge in [-0.2, -0.15) is 0 Å². The minimum Gasteiger partial charge on any atom is -0.346 e. The first-order chi connectivity index (χ1) is 4.16. The summed E-state index contributed by atoms with van der Waals surface area (Å²) >= 11 is 0. The van der Waals surface area contributed by atoms with E-state index in [0.29, 0.717) is 0 Å². The molecule has 0 saturated heterocycles. The van der Waals surface area contributed by atoms with Crippen LogP contribution in [0.2, 0.25) is 0 Å². The first-order valence-electron chi connectivity index (χ1n) is 2.72. The van der Waals surface area contributed by atoms with Gasteiger partial charge in [-0.1, -0.05) is 0 Å². The Morgan fingerprint density at radius 3 is 2.67 bits per heavy atom. The summed E-state index contributed by atoms with van der Waals surface area (Å²) in [6, 6.07) is 0. The van der Waals surface area contributed by atoms with E-state index in [1.54, 1.807) is 0 Å². The summed E-state index contributed by atoms with van der Waals surface area (Å²) in [5, 5.41) is 0. The van der Waals surface area contributed by atoms with Gasteiger partial charge in [0.1, 0.15) is 6.17 Å². The average molecular weight is 155 g/mol. The molecule has 0 radical (unpaired) electrons. The molecule has 0 aliphatic carbocycles. The lowest BCUT2D eigenvalue weighted by Gasteiger charge is -2.00. The smallest absolute Gasteiger partial charge is 0.189 e. The molecule has 0 aromatic carbocycles. The van der Waals surface area contributed by atoms with Gasteiger partial charge in [0, 0.05) is 12.7 Å². The number of hydrogen-bond donors (Lipinski definition) is 2. The molecule has 0 saturated carbocycles. The van der Waals surface area contributed by atoms with Crippen LogP contribution >= 0.6 is 8.03 Å². The van der Waals surface area contributed by atoms with Crippen LogP contribution in [0.15, 0.2) is 0 Å². The number of nitrogens with two attached hydrogens (primary N) is 1. The van der Waals surface area contributed by atoms with Crippen LogP contribution in [0.25, 0.3) is 0 Å². The van der Waals surface area contributed by atoms with Gasteiger partial charge in [0.2, 0.25) is 0 Å². The summed E-state index contributed by atoms with van der Waals surface area (Å²) in [7, 11) is -2.49. The highest BCUT2D eigenvalue weighted by Gasteiger charge is 2.03. The van der Waals surface area contributed by atoms with Gasteiger partial charge in [0.15, 0.2) is 8.03 Å². The zero-order valence-corrected chi connectivity index (χ0v) is 6.01. The van der Waals surface area contributed by atoms with Crippen molar-refractivity contribution in [1.29, 1.82) is 0 Å². The van der Waals surface area contributed by atoms with Crippen molar-refractivity contribution in [3.05, 3.63) is 0 Å². The lowest BCUT2D eigenvalue weighted by Crippen LogP contribution is -2.15. The Bertz CT molecular complexity index is 101. The molecule has 5 heteroatoms. The Morgan fingerprint density at radius 1 is 1.78 bits per heavy atom. The standard InChI is InChI=1S/C4H11FNO2P/c5-4(3-6)1-2-9(7)8/h4,9H,1-3,6H2,(H,7,8). The SMILES string of the molecule is NCC(F)CC[PH](=O)O. The molecule has 0 spiro atoms. The summed E-state index contributed by atoms with van der Waals surface area (Å²) in [6.45, 7) is -0.0604. The van der Waals surface area contributed by atoms with Gasteiger partial charge in [-0.25, -0.2) is 4.39 Å². The highest BCUT2D eigenvalue weighted by molar-refractivity contribution is 7.37. The van der Waals surface area contributed by atoms with E-state index in [9.17, 15) is 8.96 Å². The van der Waals surface area contributed by atoms with Gasteiger partial charge in [-0.15, -0.1) is 0 Å². The Morgan fingerprint density at radius 2 is 2.33 bits per heavy atom. The Balaban J connectivity index is 3.16. The molecule has 0 aromatic rings. The first kappa shape index (κ1) is 9.08. The topological polar surface area (TPSA) is 63.3 Å². The second-order valence-electron chi connectivity index (χ2n) is 1.77. The molecule has 2 atom stereocenters. The normalized spacial score (nSPS) is 17.2. The van der Waals surface area contributed by atoms with E-state index in [1.807, 2.05) is 0 Å². The van der Waals surface area contributed by atoms with Crippen LogP contribution < -0.4 is 5.73 Å². The van der Waals surface area contributed by atoms with Crippen molar-refractivity contribution in [2.45, 2.75) is 12.6 Å². The third-order valence-electron chi connectivity index (χ3n) is 0.927. The minimum absolute atomic E-state index is 0.0447. The van der Waals surface area contributed by atoms with Gasteiger partial charge >= 0.3 is 0 Å². The average Bonchev–Trinajstić information content (AvgIpc) is 1.83. The molecule has 56 valence electrons. The van der Waals surface area contributed by atoms with E-state index in [2.05, 4.69) is 0 Å². The summed E-state index contributed by atoms with van der Waals surface area (Å²) < 4.78 is 22.1. The molecule has 0 bridgehead atoms. The first-order valence-corrected chi connectivity index (χ1v) is 4.29. The predicted molar refractivity (Wildman–Crippen MR) is 34.7 cm³/mol. The molecule has 3 nitrogen and oxygen atoms in total. The zero-order valence-electron chi connectivity index (χ0n) is 5.01. The lowest BCUT2D eigenvalue weighted by atomic mass is 10.3. The zero-order chi connectivity index (χ0) is 7.28. The Hall–Kier alpha value is 0.0800. The van der Waals surface area contributed by atoms with Crippen LogP contribution in [-0.4, -0.2) is 23.8 Å². The minimum atomic E-state index is -2.49. The van der Waals surface area contributed by atoms with E-state index in [1.165, 1.54) is 0 Å². The fourth-order valence-electron chi connectivity index (χ4n) is 0.398. The number of rotatable bonds is 4. The molecule has 0 aliphatic heterocycles. The summed E-state index contributed by atoms with van der Waals surface area (Å²) in [5.41, 5.74) is 4.91. The van der Waals surface area contributed by atoms with Crippen molar-refractivity contribution in [1.82, 2.24) is 0 Å². The van der Waals surface area contributed by atoms with E-state index in [0.717, 1.165) is 0 Å². The second kappa shape index (κ2) is 4.91. The Labute approximate surface area is 53.9 Å². The molecular weight excluding hydrogens is 144 g/mol. The third-order valence-corrected chi connectivity index (χ3v) is 1.64. The van der Waals surface area contributed by atoms with Gasteiger partial charge in [0.05, 0.1) is 0 Å². The van der Waals surface area contributed by atoms with E-state index >= 15 is 0 Å². The van der Waals surface area contributed by atoms with E-state index in [4.69, 9.17) is 10.6 Å². The molecular formula is C4H11FNO2P. The van der Waals surface area contributed by atoms with Crippen LogP contribution in [0.3, 0.4) is 0 Å². The van der Waals surface area contributed by atoms with Crippen LogP contribution in [0.1, 0.15) is 6.42 Å². The van der Waals surface area contributed by atoms with Crippen molar-refractivity contribution < 1.29 is 13.8 Å². The summed E-state index contributed by atoms with van der Waals surface area (Å²) in [5.74, 6) is 0. The molecule has 9 heavy (non-hydrogen) atoms. The van der Waals surface area contributed by atoms with Crippen LogP contribution in [-0.2, 0) is 4.57 Å². The number of hydrogen-bond acceptors (Lipinski definition) is 2. The van der Waals surface area contributed by atoms with Crippen LogP contribution in [0.5, 0.6) is 0 Å². The van der Waals surface area contributed by atoms with Crippen LogP contribution in [0, 0.1) is 0 Å². The fraction of sp³-hybridized carbons (Fsp3) is 1.00. The predicted octanol–water partition coefficient (Wildman–Crippen LogP) is 0.140. The second-order valence-corrected chi connectivity index (χ2v) is 3.05. The van der Waals surface area contributed by atoms with Gasteiger partial charge in [-0.05, 0) is 6.42 Å². The maximum absolute atomic E-state index is 12.1. The molecule has 0 heterocycles.